The summed E-state index contributed by atoms with van der Waals surface area (Å²) in [6, 6.07) is 0. The Balaban J connectivity index is 2.02. The number of rotatable bonds is 1. The summed E-state index contributed by atoms with van der Waals surface area (Å²) in [5.74, 6) is -3.84. The molecule has 3 atom stereocenters. The van der Waals surface area contributed by atoms with Gasteiger partial charge in [-0.15, -0.1) is 0 Å². The van der Waals surface area contributed by atoms with Crippen LogP contribution in [0.3, 0.4) is 0 Å². The second-order valence-corrected chi connectivity index (χ2v) is 4.38. The molecule has 0 aromatic rings. The average Bonchev–Trinajstić information content (AvgIpc) is 2.53. The lowest BCUT2D eigenvalue weighted by atomic mass is 9.75. The third-order valence-electron chi connectivity index (χ3n) is 3.23. The molecule has 2 rings (SSSR count). The van der Waals surface area contributed by atoms with Gasteiger partial charge in [-0.1, -0.05) is 0 Å². The first kappa shape index (κ1) is 11.8. The van der Waals surface area contributed by atoms with Crippen molar-refractivity contribution >= 4 is 23.9 Å². The lowest BCUT2D eigenvalue weighted by molar-refractivity contribution is -0.162. The van der Waals surface area contributed by atoms with E-state index in [0.29, 0.717) is 12.8 Å². The maximum Gasteiger partial charge on any atom is 0.317 e. The van der Waals surface area contributed by atoms with Gasteiger partial charge < -0.3 is 9.47 Å². The Labute approximate surface area is 97.3 Å². The predicted octanol–water partition coefficient (Wildman–Crippen LogP) is 0.192. The molecule has 1 heterocycles. The third-order valence-corrected chi connectivity index (χ3v) is 3.23. The van der Waals surface area contributed by atoms with E-state index in [9.17, 15) is 19.2 Å². The van der Waals surface area contributed by atoms with Crippen LogP contribution in [0, 0.1) is 17.8 Å². The maximum atomic E-state index is 11.5. The minimum atomic E-state index is -0.665. The topological polar surface area (TPSA) is 86.7 Å². The Bertz CT molecular complexity index is 399. The standard InChI is InChI=1S/C11H12O6/c1-5(12)16-9(13)6-2-3-7-8(4-6)11(15)17-10(7)14/h6-8H,2-4H2,1H3. The number of hydrogen-bond acceptors (Lipinski definition) is 6. The molecular weight excluding hydrogens is 228 g/mol. The molecule has 1 aliphatic heterocycles. The molecule has 1 saturated heterocycles. The highest BCUT2D eigenvalue weighted by Gasteiger charge is 2.49. The number of fused-ring (bicyclic) bond motifs is 1. The van der Waals surface area contributed by atoms with E-state index >= 15 is 0 Å². The Kier molecular flexibility index (Phi) is 2.95. The van der Waals surface area contributed by atoms with Gasteiger partial charge in [0, 0.05) is 6.92 Å². The number of esters is 4. The molecule has 6 heteroatoms. The maximum absolute atomic E-state index is 11.5. The molecule has 17 heavy (non-hydrogen) atoms. The van der Waals surface area contributed by atoms with E-state index in [1.54, 1.807) is 0 Å². The lowest BCUT2D eigenvalue weighted by Crippen LogP contribution is -2.32. The molecule has 92 valence electrons. The number of carbonyl (C=O) groups excluding carboxylic acids is 4. The fraction of sp³-hybridized carbons (Fsp3) is 0.636. The quantitative estimate of drug-likeness (QED) is 0.480. The molecule has 3 unspecified atom stereocenters. The molecule has 2 aliphatic rings. The zero-order valence-electron chi connectivity index (χ0n) is 9.30. The van der Waals surface area contributed by atoms with Crippen LogP contribution in [0.1, 0.15) is 26.2 Å². The van der Waals surface area contributed by atoms with Crippen LogP contribution in [0.5, 0.6) is 0 Å². The normalized spacial score (nSPS) is 31.7. The highest BCUT2D eigenvalue weighted by molar-refractivity contribution is 5.97. The summed E-state index contributed by atoms with van der Waals surface area (Å²) in [6.07, 6.45) is 1.09. The third kappa shape index (κ3) is 2.20. The number of carbonyl (C=O) groups is 4. The Hall–Kier alpha value is -1.72. The first-order chi connectivity index (χ1) is 7.99. The second kappa shape index (κ2) is 4.27. The minimum absolute atomic E-state index is 0.224. The molecule has 0 amide bonds. The molecule has 0 aromatic heterocycles. The van der Waals surface area contributed by atoms with Crippen molar-refractivity contribution in [2.24, 2.45) is 17.8 Å². The summed E-state index contributed by atoms with van der Waals surface area (Å²) >= 11 is 0. The fourth-order valence-corrected chi connectivity index (χ4v) is 2.40. The van der Waals surface area contributed by atoms with E-state index in [1.807, 2.05) is 0 Å². The predicted molar refractivity (Wildman–Crippen MR) is 52.2 cm³/mol. The van der Waals surface area contributed by atoms with Gasteiger partial charge in [-0.25, -0.2) is 0 Å². The second-order valence-electron chi connectivity index (χ2n) is 4.38. The van der Waals surface area contributed by atoms with E-state index < -0.39 is 41.6 Å². The summed E-state index contributed by atoms with van der Waals surface area (Å²) < 4.78 is 9.01. The van der Waals surface area contributed by atoms with E-state index in [1.165, 1.54) is 0 Å². The molecule has 0 spiro atoms. The SMILES string of the molecule is CC(=O)OC(=O)C1CCC2C(=O)OC(=O)C2C1. The van der Waals surface area contributed by atoms with Gasteiger partial charge in [-0.3, -0.25) is 19.2 Å². The zero-order chi connectivity index (χ0) is 12.6. The van der Waals surface area contributed by atoms with Crippen LogP contribution in [-0.4, -0.2) is 23.9 Å². The summed E-state index contributed by atoms with van der Waals surface area (Å²) in [5.41, 5.74) is 0. The molecule has 1 saturated carbocycles. The van der Waals surface area contributed by atoms with Crippen LogP contribution in [0.15, 0.2) is 0 Å². The van der Waals surface area contributed by atoms with Crippen LogP contribution in [-0.2, 0) is 28.7 Å². The molecule has 0 radical (unpaired) electrons. The van der Waals surface area contributed by atoms with Gasteiger partial charge in [0.1, 0.15) is 0 Å². The van der Waals surface area contributed by atoms with Crippen LogP contribution in [0.25, 0.3) is 0 Å². The van der Waals surface area contributed by atoms with Crippen molar-refractivity contribution in [3.05, 3.63) is 0 Å². The monoisotopic (exact) mass is 240 g/mol. The number of hydrogen-bond donors (Lipinski definition) is 0. The Morgan fingerprint density at radius 2 is 1.82 bits per heavy atom. The summed E-state index contributed by atoms with van der Waals surface area (Å²) in [6.45, 7) is 1.15. The molecule has 0 aromatic carbocycles. The van der Waals surface area contributed by atoms with Gasteiger partial charge in [-0.2, -0.15) is 0 Å². The number of cyclic esters (lactones) is 2. The van der Waals surface area contributed by atoms with E-state index in [-0.39, 0.29) is 6.42 Å². The average molecular weight is 240 g/mol. The molecule has 1 aliphatic carbocycles. The van der Waals surface area contributed by atoms with Crippen LogP contribution >= 0.6 is 0 Å². The van der Waals surface area contributed by atoms with Gasteiger partial charge >= 0.3 is 23.9 Å². The van der Waals surface area contributed by atoms with Crippen molar-refractivity contribution in [2.45, 2.75) is 26.2 Å². The largest absolute Gasteiger partial charge is 0.393 e. The molecule has 0 bridgehead atoms. The van der Waals surface area contributed by atoms with Gasteiger partial charge in [0.05, 0.1) is 17.8 Å². The van der Waals surface area contributed by atoms with E-state index in [2.05, 4.69) is 9.47 Å². The molecule has 0 N–H and O–H groups in total. The summed E-state index contributed by atoms with van der Waals surface area (Å²) in [5, 5.41) is 0. The first-order valence-corrected chi connectivity index (χ1v) is 5.47. The summed E-state index contributed by atoms with van der Waals surface area (Å²) in [7, 11) is 0. The van der Waals surface area contributed by atoms with Crippen LogP contribution < -0.4 is 0 Å². The van der Waals surface area contributed by atoms with Gasteiger partial charge in [0.15, 0.2) is 0 Å². The zero-order valence-corrected chi connectivity index (χ0v) is 9.30. The van der Waals surface area contributed by atoms with Crippen molar-refractivity contribution in [3.63, 3.8) is 0 Å². The molecule has 2 fully saturated rings. The highest BCUT2D eigenvalue weighted by Crippen LogP contribution is 2.39. The van der Waals surface area contributed by atoms with Gasteiger partial charge in [-0.05, 0) is 19.3 Å². The van der Waals surface area contributed by atoms with Crippen molar-refractivity contribution in [3.8, 4) is 0 Å². The molecular formula is C11H12O6. The Morgan fingerprint density at radius 3 is 2.47 bits per heavy atom. The first-order valence-electron chi connectivity index (χ1n) is 5.47. The lowest BCUT2D eigenvalue weighted by Gasteiger charge is -2.25. The fourth-order valence-electron chi connectivity index (χ4n) is 2.40. The van der Waals surface area contributed by atoms with Crippen molar-refractivity contribution in [2.75, 3.05) is 0 Å². The van der Waals surface area contributed by atoms with Crippen molar-refractivity contribution in [1.82, 2.24) is 0 Å². The van der Waals surface area contributed by atoms with Crippen LogP contribution in [0.4, 0.5) is 0 Å². The minimum Gasteiger partial charge on any atom is -0.393 e. The van der Waals surface area contributed by atoms with Gasteiger partial charge in [0.2, 0.25) is 0 Å². The summed E-state index contributed by atoms with van der Waals surface area (Å²) in [4.78, 5) is 44.8. The molecule has 6 nitrogen and oxygen atoms in total. The van der Waals surface area contributed by atoms with E-state index in [0.717, 1.165) is 6.92 Å². The smallest absolute Gasteiger partial charge is 0.317 e. The van der Waals surface area contributed by atoms with Crippen LogP contribution in [0.2, 0.25) is 0 Å². The van der Waals surface area contributed by atoms with E-state index in [4.69, 9.17) is 0 Å². The number of ether oxygens (including phenoxy) is 2. The van der Waals surface area contributed by atoms with Gasteiger partial charge in [0.25, 0.3) is 0 Å². The van der Waals surface area contributed by atoms with Crippen molar-refractivity contribution < 1.29 is 28.7 Å². The highest BCUT2D eigenvalue weighted by atomic mass is 16.6. The van der Waals surface area contributed by atoms with Crippen molar-refractivity contribution in [1.29, 1.82) is 0 Å². The Morgan fingerprint density at radius 1 is 1.18 bits per heavy atom.